The maximum absolute atomic E-state index is 14.3. The second-order valence-electron chi connectivity index (χ2n) is 14.2. The number of rotatable bonds is 22. The number of para-hydroxylation sites is 2. The molecule has 57 heavy (non-hydrogen) atoms. The van der Waals surface area contributed by atoms with E-state index in [0.29, 0.717) is 23.5 Å². The Labute approximate surface area is 354 Å². The number of aromatic nitrogens is 2. The average molecular weight is 857 g/mol. The number of azo groups is 1. The van der Waals surface area contributed by atoms with Gasteiger partial charge in [0.25, 0.3) is 0 Å². The second kappa shape index (κ2) is 22.2. The summed E-state index contributed by atoms with van der Waals surface area (Å²) in [6, 6.07) is 15.9. The summed E-state index contributed by atoms with van der Waals surface area (Å²) in [5.41, 5.74) is 0.505. The number of hydrogen-bond acceptors (Lipinski definition) is 7. The van der Waals surface area contributed by atoms with Crippen molar-refractivity contribution in [1.82, 2.24) is 9.78 Å². The monoisotopic (exact) mass is 854 g/mol. The topological polar surface area (TPSA) is 123 Å². The molecule has 5 rings (SSSR count). The molecule has 0 saturated carbocycles. The van der Waals surface area contributed by atoms with Crippen LogP contribution in [-0.4, -0.2) is 38.6 Å². The second-order valence-corrected chi connectivity index (χ2v) is 16.1. The quantitative estimate of drug-likeness (QED) is 0.0268. The Hall–Kier alpha value is -4.09. The summed E-state index contributed by atoms with van der Waals surface area (Å²) < 4.78 is 1.16. The minimum absolute atomic E-state index is 0.0428. The van der Waals surface area contributed by atoms with Crippen LogP contribution in [0.15, 0.2) is 87.8 Å². The number of allylic oxidation sites excluding steroid dienone is 2. The number of phenols is 1. The van der Waals surface area contributed by atoms with Crippen LogP contribution in [0, 0.1) is 0 Å². The Bertz CT molecular complexity index is 2040. The summed E-state index contributed by atoms with van der Waals surface area (Å²) in [7, 11) is 0. The molecule has 0 radical (unpaired) electrons. The standard InChI is InChI=1S/C43H50Cl4N6O4/c1-2-3-4-5-6-7-8-9-10-11-12-13-14-15-18-30(44)29-51(36-19-16-17-20-37(36)52-38(55)25-26-39(52)56)42-40(49-48-32-21-23-33(54)24-22-32)43(57)53(50-42)41-34(46)27-31(45)28-35(41)47/h13-14,16-17,19-24,27-28,30,50,54H,2-12,15,18,25-26,29H2,1H3/b14-13+,49-48+. The first-order valence-corrected chi connectivity index (χ1v) is 21.4. The summed E-state index contributed by atoms with van der Waals surface area (Å²) in [6.45, 7) is 2.39. The molecule has 2 amide bonds. The fraction of sp³-hybridized carbons (Fsp3) is 0.419. The SMILES string of the molecule is CCCCCCCCCCCC/C=C/CCC(Cl)CN(c1ccccc1N1C(=O)CCC1=O)c1[nH]n(-c2c(Cl)cc(Cl)cc2Cl)c(=O)c1/N=N/c1ccc(O)cc1. The molecule has 1 aromatic heterocycles. The summed E-state index contributed by atoms with van der Waals surface area (Å²) in [5.74, 6) is -0.458. The van der Waals surface area contributed by atoms with Crippen molar-refractivity contribution in [2.24, 2.45) is 10.2 Å². The van der Waals surface area contributed by atoms with E-state index in [-0.39, 0.29) is 69.2 Å². The lowest BCUT2D eigenvalue weighted by Crippen LogP contribution is -2.32. The van der Waals surface area contributed by atoms with E-state index in [1.807, 2.05) is 0 Å². The number of hydrogen-bond donors (Lipinski definition) is 2. The zero-order chi connectivity index (χ0) is 40.7. The maximum Gasteiger partial charge on any atom is 0.301 e. The minimum Gasteiger partial charge on any atom is -0.508 e. The van der Waals surface area contributed by atoms with Crippen LogP contribution >= 0.6 is 46.4 Å². The van der Waals surface area contributed by atoms with Crippen LogP contribution in [-0.2, 0) is 9.59 Å². The van der Waals surface area contributed by atoms with Crippen molar-refractivity contribution >= 4 is 86.8 Å². The van der Waals surface area contributed by atoms with E-state index >= 15 is 0 Å². The first-order valence-electron chi connectivity index (χ1n) is 19.8. The van der Waals surface area contributed by atoms with Crippen LogP contribution in [0.1, 0.15) is 103 Å². The van der Waals surface area contributed by atoms with Gasteiger partial charge in [0, 0.05) is 24.4 Å². The Balaban J connectivity index is 1.42. The van der Waals surface area contributed by atoms with Crippen molar-refractivity contribution in [3.05, 3.63) is 98.2 Å². The van der Waals surface area contributed by atoms with Crippen molar-refractivity contribution in [1.29, 1.82) is 0 Å². The summed E-state index contributed by atoms with van der Waals surface area (Å²) in [5, 5.41) is 21.7. The van der Waals surface area contributed by atoms with Gasteiger partial charge < -0.3 is 10.0 Å². The molecule has 0 spiro atoms. The third-order valence-corrected chi connectivity index (χ3v) is 11.0. The van der Waals surface area contributed by atoms with Gasteiger partial charge >= 0.3 is 5.56 Å². The zero-order valence-corrected chi connectivity index (χ0v) is 35.3. The van der Waals surface area contributed by atoms with E-state index in [4.69, 9.17) is 46.4 Å². The number of nitrogens with one attached hydrogen (secondary N) is 1. The Morgan fingerprint density at radius 1 is 0.807 bits per heavy atom. The first-order chi connectivity index (χ1) is 27.6. The van der Waals surface area contributed by atoms with Gasteiger partial charge in [-0.1, -0.05) is 124 Å². The molecule has 1 aliphatic rings. The van der Waals surface area contributed by atoms with E-state index in [0.717, 1.165) is 23.9 Å². The number of anilines is 3. The number of halogens is 4. The van der Waals surface area contributed by atoms with Crippen LogP contribution in [0.25, 0.3) is 5.69 Å². The van der Waals surface area contributed by atoms with Gasteiger partial charge in [-0.3, -0.25) is 19.5 Å². The number of aromatic amines is 1. The molecule has 1 fully saturated rings. The fourth-order valence-corrected chi connectivity index (χ4v) is 8.07. The summed E-state index contributed by atoms with van der Waals surface area (Å²) in [4.78, 5) is 43.4. The molecule has 1 saturated heterocycles. The number of imide groups is 1. The summed E-state index contributed by atoms with van der Waals surface area (Å²) in [6.07, 6.45) is 19.8. The molecule has 2 N–H and O–H groups in total. The van der Waals surface area contributed by atoms with Crippen LogP contribution in [0.4, 0.5) is 28.6 Å². The minimum atomic E-state index is -0.643. The van der Waals surface area contributed by atoms with Gasteiger partial charge in [-0.15, -0.1) is 16.7 Å². The van der Waals surface area contributed by atoms with Crippen LogP contribution < -0.4 is 15.4 Å². The molecule has 1 atom stereocenters. The van der Waals surface area contributed by atoms with Crippen LogP contribution in [0.3, 0.4) is 0 Å². The van der Waals surface area contributed by atoms with Crippen LogP contribution in [0.2, 0.25) is 15.1 Å². The van der Waals surface area contributed by atoms with Gasteiger partial charge in [0.15, 0.2) is 11.5 Å². The number of unbranched alkanes of at least 4 members (excludes halogenated alkanes) is 10. The lowest BCUT2D eigenvalue weighted by molar-refractivity contribution is -0.121. The highest BCUT2D eigenvalue weighted by Crippen LogP contribution is 2.41. The van der Waals surface area contributed by atoms with E-state index < -0.39 is 10.9 Å². The molecule has 1 aliphatic heterocycles. The third-order valence-electron chi connectivity index (χ3n) is 9.82. The summed E-state index contributed by atoms with van der Waals surface area (Å²) >= 11 is 26.6. The van der Waals surface area contributed by atoms with Gasteiger partial charge in [-0.2, -0.15) is 5.11 Å². The normalized spacial score (nSPS) is 13.8. The van der Waals surface area contributed by atoms with Crippen molar-refractivity contribution in [2.75, 3.05) is 16.3 Å². The highest BCUT2D eigenvalue weighted by molar-refractivity contribution is 6.40. The molecule has 1 unspecified atom stereocenters. The Kier molecular flexibility index (Phi) is 17.1. The number of carbonyl (C=O) groups is 2. The lowest BCUT2D eigenvalue weighted by atomic mass is 10.1. The third kappa shape index (κ3) is 12.2. The molecule has 14 heteroatoms. The molecule has 4 aromatic rings. The molecular formula is C43H50Cl4N6O4. The smallest absolute Gasteiger partial charge is 0.301 e. The molecule has 3 aromatic carbocycles. The maximum atomic E-state index is 14.3. The van der Waals surface area contributed by atoms with E-state index in [9.17, 15) is 19.5 Å². The van der Waals surface area contributed by atoms with Crippen molar-refractivity contribution < 1.29 is 14.7 Å². The van der Waals surface area contributed by atoms with E-state index in [1.165, 1.54) is 87.0 Å². The predicted molar refractivity (Wildman–Crippen MR) is 233 cm³/mol. The molecular weight excluding hydrogens is 806 g/mol. The number of aromatic hydroxyl groups is 1. The largest absolute Gasteiger partial charge is 0.508 e. The van der Waals surface area contributed by atoms with Crippen molar-refractivity contribution in [2.45, 2.75) is 109 Å². The lowest BCUT2D eigenvalue weighted by Gasteiger charge is -2.30. The number of alkyl halides is 1. The van der Waals surface area contributed by atoms with Crippen molar-refractivity contribution in [3.8, 4) is 11.4 Å². The molecule has 10 nitrogen and oxygen atoms in total. The number of amides is 2. The number of carbonyl (C=O) groups excluding carboxylic acids is 2. The van der Waals surface area contributed by atoms with Gasteiger partial charge in [-0.05, 0) is 74.2 Å². The highest BCUT2D eigenvalue weighted by atomic mass is 35.5. The number of H-pyrrole nitrogens is 1. The molecule has 304 valence electrons. The zero-order valence-electron chi connectivity index (χ0n) is 32.2. The number of phenolic OH excluding ortho intramolecular Hbond substituents is 1. The molecule has 2 heterocycles. The number of benzene rings is 3. The predicted octanol–water partition coefficient (Wildman–Crippen LogP) is 13.3. The fourth-order valence-electron chi connectivity index (χ4n) is 6.82. The molecule has 0 bridgehead atoms. The van der Waals surface area contributed by atoms with Crippen molar-refractivity contribution in [3.63, 3.8) is 0 Å². The molecule has 0 aliphatic carbocycles. The van der Waals surface area contributed by atoms with Gasteiger partial charge in [0.05, 0.1) is 32.5 Å². The highest BCUT2D eigenvalue weighted by Gasteiger charge is 2.34. The van der Waals surface area contributed by atoms with Gasteiger partial charge in [-0.25, -0.2) is 9.58 Å². The number of nitrogens with zero attached hydrogens (tertiary/aromatic N) is 5. The first kappa shape index (κ1) is 44.0. The van der Waals surface area contributed by atoms with Gasteiger partial charge in [0.2, 0.25) is 11.8 Å². The van der Waals surface area contributed by atoms with E-state index in [2.05, 4.69) is 34.4 Å². The van der Waals surface area contributed by atoms with Crippen LogP contribution in [0.5, 0.6) is 5.75 Å². The average Bonchev–Trinajstić information content (AvgIpc) is 3.69. The van der Waals surface area contributed by atoms with E-state index in [1.54, 1.807) is 41.3 Å². The Morgan fingerprint density at radius 3 is 2.05 bits per heavy atom. The van der Waals surface area contributed by atoms with Gasteiger partial charge in [0.1, 0.15) is 11.4 Å². The Morgan fingerprint density at radius 2 is 1.40 bits per heavy atom.